The van der Waals surface area contributed by atoms with E-state index in [1.165, 1.54) is 28.6 Å². The quantitative estimate of drug-likeness (QED) is 0.422. The lowest BCUT2D eigenvalue weighted by Gasteiger charge is -2.28. The van der Waals surface area contributed by atoms with Crippen molar-refractivity contribution in [2.45, 2.75) is 17.9 Å². The molecule has 3 aromatic carbocycles. The van der Waals surface area contributed by atoms with Gasteiger partial charge in [0.2, 0.25) is 10.0 Å². The van der Waals surface area contributed by atoms with Crippen LogP contribution >= 0.6 is 11.6 Å². The van der Waals surface area contributed by atoms with E-state index in [2.05, 4.69) is 5.32 Å². The third-order valence-corrected chi connectivity index (χ3v) is 7.49. The van der Waals surface area contributed by atoms with Crippen LogP contribution in [0.15, 0.2) is 65.6 Å². The van der Waals surface area contributed by atoms with Gasteiger partial charge >= 0.3 is 0 Å². The number of fused-ring (bicyclic) bond motifs is 1. The first-order chi connectivity index (χ1) is 15.6. The number of hydrogen-bond acceptors (Lipinski definition) is 5. The van der Waals surface area contributed by atoms with Crippen LogP contribution in [-0.2, 0) is 23.0 Å². The molecule has 33 heavy (non-hydrogen) atoms. The number of anilines is 1. The van der Waals surface area contributed by atoms with Crippen molar-refractivity contribution in [3.63, 3.8) is 0 Å². The maximum absolute atomic E-state index is 13.2. The number of nitro groups is 1. The number of hydrogen-bond donors (Lipinski definition) is 1. The minimum Gasteiger partial charge on any atom is -0.322 e. The molecule has 0 radical (unpaired) electrons. The van der Waals surface area contributed by atoms with Gasteiger partial charge < -0.3 is 5.32 Å². The molecule has 11 heteroatoms. The number of nitrogens with one attached hydrogen (secondary N) is 1. The normalized spacial score (nSPS) is 13.9. The highest BCUT2D eigenvalue weighted by molar-refractivity contribution is 7.89. The molecule has 8 nitrogen and oxygen atoms in total. The fraction of sp³-hybridized carbons (Fsp3) is 0.136. The van der Waals surface area contributed by atoms with Gasteiger partial charge in [0.05, 0.1) is 20.4 Å². The minimum absolute atomic E-state index is 0.00267. The van der Waals surface area contributed by atoms with Crippen molar-refractivity contribution in [3.8, 4) is 0 Å². The molecule has 0 saturated heterocycles. The van der Waals surface area contributed by atoms with Crippen molar-refractivity contribution >= 4 is 38.9 Å². The second kappa shape index (κ2) is 8.89. The fourth-order valence-electron chi connectivity index (χ4n) is 3.57. The molecule has 170 valence electrons. The smallest absolute Gasteiger partial charge is 0.270 e. The van der Waals surface area contributed by atoms with Crippen LogP contribution in [0.25, 0.3) is 0 Å². The second-order valence-corrected chi connectivity index (χ2v) is 9.75. The van der Waals surface area contributed by atoms with Crippen molar-refractivity contribution in [2.24, 2.45) is 0 Å². The zero-order chi connectivity index (χ0) is 23.8. The van der Waals surface area contributed by atoms with Crippen LogP contribution < -0.4 is 5.32 Å². The lowest BCUT2D eigenvalue weighted by atomic mass is 10.0. The zero-order valence-electron chi connectivity index (χ0n) is 17.0. The molecule has 0 spiro atoms. The largest absolute Gasteiger partial charge is 0.322 e. The summed E-state index contributed by atoms with van der Waals surface area (Å²) in [7, 11) is -3.82. The van der Waals surface area contributed by atoms with Gasteiger partial charge in [0, 0.05) is 30.9 Å². The average molecular weight is 490 g/mol. The fourth-order valence-corrected chi connectivity index (χ4v) is 5.19. The lowest BCUT2D eigenvalue weighted by molar-refractivity contribution is -0.384. The predicted octanol–water partition coefficient (Wildman–Crippen LogP) is 4.39. The van der Waals surface area contributed by atoms with Gasteiger partial charge in [-0.05, 0) is 60.0 Å². The average Bonchev–Trinajstić information content (AvgIpc) is 2.79. The van der Waals surface area contributed by atoms with Gasteiger partial charge in [0.1, 0.15) is 5.82 Å². The van der Waals surface area contributed by atoms with E-state index in [0.717, 1.165) is 23.8 Å². The SMILES string of the molecule is O=C(Nc1ccc2c(c1)CN(S(=O)(=O)c1ccc(F)cc1)CC2)c1cc([N+](=O)[O-])ccc1Cl. The van der Waals surface area contributed by atoms with E-state index in [1.54, 1.807) is 18.2 Å². The zero-order valence-corrected chi connectivity index (χ0v) is 18.6. The van der Waals surface area contributed by atoms with E-state index in [1.807, 2.05) is 0 Å². The molecule has 0 bridgehead atoms. The summed E-state index contributed by atoms with van der Waals surface area (Å²) in [5.41, 5.74) is 1.71. The number of carbonyl (C=O) groups is 1. The Kier molecular flexibility index (Phi) is 6.15. The standard InChI is InChI=1S/C22H17ClFN3O5S/c23-21-8-5-18(27(29)30)12-20(21)22(28)25-17-4-1-14-9-10-26(13-15(14)11-17)33(31,32)19-6-2-16(24)3-7-19/h1-8,11-12H,9-10,13H2,(H,25,28). The Morgan fingerprint density at radius 3 is 2.48 bits per heavy atom. The summed E-state index contributed by atoms with van der Waals surface area (Å²) in [6.45, 7) is 0.345. The highest BCUT2D eigenvalue weighted by atomic mass is 35.5. The van der Waals surface area contributed by atoms with Crippen LogP contribution in [0.2, 0.25) is 5.02 Å². The number of sulfonamides is 1. The Morgan fingerprint density at radius 1 is 1.06 bits per heavy atom. The number of nitro benzene ring substituents is 1. The van der Waals surface area contributed by atoms with E-state index >= 15 is 0 Å². The molecule has 1 heterocycles. The monoisotopic (exact) mass is 489 g/mol. The lowest BCUT2D eigenvalue weighted by Crippen LogP contribution is -2.36. The summed E-state index contributed by atoms with van der Waals surface area (Å²) in [6, 6.07) is 13.3. The molecule has 0 atom stereocenters. The van der Waals surface area contributed by atoms with E-state index in [0.29, 0.717) is 17.7 Å². The van der Waals surface area contributed by atoms with Gasteiger partial charge in [-0.3, -0.25) is 14.9 Å². The molecule has 1 aliphatic heterocycles. The van der Waals surface area contributed by atoms with Gasteiger partial charge in [-0.25, -0.2) is 12.8 Å². The number of amides is 1. The highest BCUT2D eigenvalue weighted by Crippen LogP contribution is 2.28. The van der Waals surface area contributed by atoms with Crippen molar-refractivity contribution in [1.82, 2.24) is 4.31 Å². The van der Waals surface area contributed by atoms with Crippen LogP contribution in [0.1, 0.15) is 21.5 Å². The summed E-state index contributed by atoms with van der Waals surface area (Å²) in [6.07, 6.45) is 0.473. The Labute approximate surface area is 193 Å². The topological polar surface area (TPSA) is 110 Å². The number of nitrogens with zero attached hydrogens (tertiary/aromatic N) is 2. The summed E-state index contributed by atoms with van der Waals surface area (Å²) >= 11 is 6.03. The van der Waals surface area contributed by atoms with Gasteiger partial charge in [-0.1, -0.05) is 17.7 Å². The Balaban J connectivity index is 1.56. The molecule has 3 aromatic rings. The van der Waals surface area contributed by atoms with Crippen LogP contribution in [-0.4, -0.2) is 30.1 Å². The van der Waals surface area contributed by atoms with Gasteiger partial charge in [0.15, 0.2) is 0 Å². The van der Waals surface area contributed by atoms with Crippen molar-refractivity contribution in [1.29, 1.82) is 0 Å². The molecule has 1 aliphatic rings. The van der Waals surface area contributed by atoms with Gasteiger partial charge in [-0.2, -0.15) is 4.31 Å². The number of halogens is 2. The molecule has 0 unspecified atom stereocenters. The molecule has 0 aliphatic carbocycles. The molecule has 1 N–H and O–H groups in total. The summed E-state index contributed by atoms with van der Waals surface area (Å²) < 4.78 is 40.4. The molecular formula is C22H17ClFN3O5S. The third-order valence-electron chi connectivity index (χ3n) is 5.30. The summed E-state index contributed by atoms with van der Waals surface area (Å²) in [5, 5.41) is 13.7. The number of rotatable bonds is 5. The van der Waals surface area contributed by atoms with E-state index in [-0.39, 0.29) is 34.3 Å². The van der Waals surface area contributed by atoms with Crippen molar-refractivity contribution in [3.05, 3.63) is 98.3 Å². The molecule has 4 rings (SSSR count). The first-order valence-electron chi connectivity index (χ1n) is 9.78. The first-order valence-corrected chi connectivity index (χ1v) is 11.6. The van der Waals surface area contributed by atoms with Crippen LogP contribution in [0, 0.1) is 15.9 Å². The van der Waals surface area contributed by atoms with Crippen molar-refractivity contribution < 1.29 is 22.5 Å². The third kappa shape index (κ3) is 4.72. The Morgan fingerprint density at radius 2 is 1.79 bits per heavy atom. The predicted molar refractivity (Wildman–Crippen MR) is 120 cm³/mol. The van der Waals surface area contributed by atoms with Gasteiger partial charge in [0.25, 0.3) is 11.6 Å². The second-order valence-electron chi connectivity index (χ2n) is 7.40. The summed E-state index contributed by atoms with van der Waals surface area (Å²) in [5.74, 6) is -1.16. The van der Waals surface area contributed by atoms with E-state index in [4.69, 9.17) is 11.6 Å². The minimum atomic E-state index is -3.82. The highest BCUT2D eigenvalue weighted by Gasteiger charge is 2.28. The van der Waals surface area contributed by atoms with Crippen LogP contribution in [0.5, 0.6) is 0 Å². The molecular weight excluding hydrogens is 473 g/mol. The molecule has 0 fully saturated rings. The number of carbonyl (C=O) groups excluding carboxylic acids is 1. The molecule has 0 saturated carbocycles. The maximum atomic E-state index is 13.2. The maximum Gasteiger partial charge on any atom is 0.270 e. The van der Waals surface area contributed by atoms with Crippen LogP contribution in [0.3, 0.4) is 0 Å². The van der Waals surface area contributed by atoms with Crippen LogP contribution in [0.4, 0.5) is 15.8 Å². The molecule has 0 aromatic heterocycles. The number of benzene rings is 3. The summed E-state index contributed by atoms with van der Waals surface area (Å²) in [4.78, 5) is 23.0. The Hall–Kier alpha value is -3.34. The Bertz CT molecular complexity index is 1360. The van der Waals surface area contributed by atoms with E-state index < -0.39 is 26.7 Å². The van der Waals surface area contributed by atoms with E-state index in [9.17, 15) is 27.7 Å². The van der Waals surface area contributed by atoms with Crippen molar-refractivity contribution in [2.75, 3.05) is 11.9 Å². The first kappa shape index (κ1) is 22.8. The van der Waals surface area contributed by atoms with Gasteiger partial charge in [-0.15, -0.1) is 0 Å². The number of non-ortho nitro benzene ring substituents is 1. The molecule has 1 amide bonds.